The molecule has 0 aliphatic carbocycles. The molecule has 1 aromatic carbocycles. The summed E-state index contributed by atoms with van der Waals surface area (Å²) in [5, 5.41) is 1.29. The molecule has 1 aliphatic rings. The van der Waals surface area contributed by atoms with Crippen LogP contribution in [0.25, 0.3) is 11.9 Å². The number of rotatable bonds is 5. The fraction of sp³-hybridized carbons (Fsp3) is 0.250. The van der Waals surface area contributed by atoms with E-state index in [0.29, 0.717) is 26.2 Å². The van der Waals surface area contributed by atoms with Crippen LogP contribution in [0.15, 0.2) is 60.8 Å². The van der Waals surface area contributed by atoms with Crippen molar-refractivity contribution in [3.8, 4) is 5.82 Å². The van der Waals surface area contributed by atoms with Gasteiger partial charge in [0, 0.05) is 50.0 Å². The van der Waals surface area contributed by atoms with E-state index in [1.807, 2.05) is 48.0 Å². The second-order valence-electron chi connectivity index (χ2n) is 6.85. The molecule has 9 heteroatoms. The predicted molar refractivity (Wildman–Crippen MR) is 112 cm³/mol. The van der Waals surface area contributed by atoms with E-state index in [1.54, 1.807) is 18.6 Å². The maximum absolute atomic E-state index is 12.7. The van der Waals surface area contributed by atoms with Gasteiger partial charge in [-0.05, 0) is 18.6 Å². The van der Waals surface area contributed by atoms with Crippen LogP contribution in [-0.4, -0.2) is 58.4 Å². The van der Waals surface area contributed by atoms with Gasteiger partial charge in [-0.3, -0.25) is 4.57 Å². The van der Waals surface area contributed by atoms with Crippen molar-refractivity contribution in [3.05, 3.63) is 71.9 Å². The number of aryl methyl sites for hydroxylation is 1. The Morgan fingerprint density at radius 3 is 2.41 bits per heavy atom. The van der Waals surface area contributed by atoms with Gasteiger partial charge in [0.25, 0.3) is 0 Å². The number of hydrogen-bond donors (Lipinski definition) is 0. The number of benzene rings is 1. The van der Waals surface area contributed by atoms with E-state index in [-0.39, 0.29) is 0 Å². The minimum atomic E-state index is -3.46. The standard InChI is InChI=1S/C20H22N6O2S/c1-17-2-4-18(5-3-17)6-13-29(27,28)26-11-9-24(10-12-26)19-14-20(23-15-22-19)25-8-7-21-16-25/h2-8,13-16H,9-12H2,1H3/b13-6+. The van der Waals surface area contributed by atoms with Crippen molar-refractivity contribution in [2.24, 2.45) is 0 Å². The molecule has 0 bridgehead atoms. The van der Waals surface area contributed by atoms with E-state index in [2.05, 4.69) is 19.9 Å². The minimum absolute atomic E-state index is 0.408. The van der Waals surface area contributed by atoms with Crippen LogP contribution < -0.4 is 4.90 Å². The van der Waals surface area contributed by atoms with Gasteiger partial charge >= 0.3 is 0 Å². The first-order valence-corrected chi connectivity index (χ1v) is 10.8. The van der Waals surface area contributed by atoms with Crippen molar-refractivity contribution in [1.82, 2.24) is 23.8 Å². The zero-order valence-electron chi connectivity index (χ0n) is 16.1. The Morgan fingerprint density at radius 2 is 1.72 bits per heavy atom. The van der Waals surface area contributed by atoms with Gasteiger partial charge in [0.05, 0.1) is 0 Å². The van der Waals surface area contributed by atoms with E-state index in [1.165, 1.54) is 16.0 Å². The number of hydrogen-bond acceptors (Lipinski definition) is 6. The third-order valence-corrected chi connectivity index (χ3v) is 6.40. The summed E-state index contributed by atoms with van der Waals surface area (Å²) in [6.45, 7) is 3.95. The third kappa shape index (κ3) is 4.52. The molecule has 1 aliphatic heterocycles. The molecule has 0 unspecified atom stereocenters. The lowest BCUT2D eigenvalue weighted by Crippen LogP contribution is -2.48. The Bertz CT molecular complexity index is 1090. The van der Waals surface area contributed by atoms with Gasteiger partial charge in [0.15, 0.2) is 0 Å². The number of nitrogens with zero attached hydrogens (tertiary/aromatic N) is 6. The van der Waals surface area contributed by atoms with E-state index < -0.39 is 10.0 Å². The first kappa shape index (κ1) is 19.3. The quantitative estimate of drug-likeness (QED) is 0.640. The van der Waals surface area contributed by atoms with Gasteiger partial charge in [0.2, 0.25) is 10.0 Å². The fourth-order valence-electron chi connectivity index (χ4n) is 3.15. The zero-order valence-corrected chi connectivity index (χ0v) is 16.9. The van der Waals surface area contributed by atoms with Gasteiger partial charge in [-0.2, -0.15) is 4.31 Å². The van der Waals surface area contributed by atoms with E-state index in [0.717, 1.165) is 22.8 Å². The van der Waals surface area contributed by atoms with Crippen molar-refractivity contribution in [1.29, 1.82) is 0 Å². The molecule has 3 aromatic rings. The van der Waals surface area contributed by atoms with Crippen LogP contribution in [0.2, 0.25) is 0 Å². The Hall–Kier alpha value is -3.04. The molecule has 0 N–H and O–H groups in total. The van der Waals surface area contributed by atoms with Crippen molar-refractivity contribution in [3.63, 3.8) is 0 Å². The summed E-state index contributed by atoms with van der Waals surface area (Å²) >= 11 is 0. The summed E-state index contributed by atoms with van der Waals surface area (Å²) in [6.07, 6.45) is 8.34. The van der Waals surface area contributed by atoms with Gasteiger partial charge in [-0.15, -0.1) is 0 Å². The molecule has 2 aromatic heterocycles. The smallest absolute Gasteiger partial charge is 0.236 e. The second kappa shape index (κ2) is 8.14. The van der Waals surface area contributed by atoms with Gasteiger partial charge in [-0.25, -0.2) is 23.4 Å². The topological polar surface area (TPSA) is 84.2 Å². The van der Waals surface area contributed by atoms with Gasteiger partial charge in [0.1, 0.15) is 24.3 Å². The average molecular weight is 411 g/mol. The summed E-state index contributed by atoms with van der Waals surface area (Å²) in [5.74, 6) is 1.50. The summed E-state index contributed by atoms with van der Waals surface area (Å²) in [4.78, 5) is 14.7. The number of piperazine rings is 1. The Balaban J connectivity index is 1.41. The first-order valence-electron chi connectivity index (χ1n) is 9.31. The predicted octanol–water partition coefficient (Wildman–Crippen LogP) is 2.09. The highest BCUT2D eigenvalue weighted by atomic mass is 32.2. The van der Waals surface area contributed by atoms with Crippen LogP contribution in [0, 0.1) is 6.92 Å². The first-order chi connectivity index (χ1) is 14.0. The van der Waals surface area contributed by atoms with Crippen LogP contribution in [0.1, 0.15) is 11.1 Å². The number of aromatic nitrogens is 4. The number of imidazole rings is 1. The summed E-state index contributed by atoms with van der Waals surface area (Å²) in [5.41, 5.74) is 2.01. The SMILES string of the molecule is Cc1ccc(/C=C/S(=O)(=O)N2CCN(c3cc(-n4ccnc4)ncn3)CC2)cc1. The van der Waals surface area contributed by atoms with Crippen LogP contribution in [-0.2, 0) is 10.0 Å². The third-order valence-electron chi connectivity index (χ3n) is 4.84. The monoisotopic (exact) mass is 410 g/mol. The highest BCUT2D eigenvalue weighted by Gasteiger charge is 2.25. The molecule has 1 fully saturated rings. The molecule has 29 heavy (non-hydrogen) atoms. The molecule has 0 radical (unpaired) electrons. The molecule has 8 nitrogen and oxygen atoms in total. The highest BCUT2D eigenvalue weighted by molar-refractivity contribution is 7.92. The lowest BCUT2D eigenvalue weighted by atomic mass is 10.2. The van der Waals surface area contributed by atoms with Gasteiger partial charge in [-0.1, -0.05) is 29.8 Å². The second-order valence-corrected chi connectivity index (χ2v) is 8.67. The fourth-order valence-corrected chi connectivity index (χ4v) is 4.32. The van der Waals surface area contributed by atoms with Crippen molar-refractivity contribution in [2.75, 3.05) is 31.1 Å². The normalized spacial score (nSPS) is 15.8. The molecule has 0 atom stereocenters. The van der Waals surface area contributed by atoms with E-state index in [9.17, 15) is 8.42 Å². The zero-order chi connectivity index (χ0) is 20.3. The molecular weight excluding hydrogens is 388 g/mol. The lowest BCUT2D eigenvalue weighted by molar-refractivity contribution is 0.389. The lowest BCUT2D eigenvalue weighted by Gasteiger charge is -2.34. The van der Waals surface area contributed by atoms with Crippen molar-refractivity contribution >= 4 is 21.9 Å². The molecular formula is C20H22N6O2S. The Labute approximate surface area is 170 Å². The van der Waals surface area contributed by atoms with Crippen LogP contribution in [0.3, 0.4) is 0 Å². The maximum Gasteiger partial charge on any atom is 0.236 e. The molecule has 4 rings (SSSR count). The largest absolute Gasteiger partial charge is 0.354 e. The van der Waals surface area contributed by atoms with Crippen LogP contribution in [0.4, 0.5) is 5.82 Å². The molecule has 150 valence electrons. The number of anilines is 1. The Morgan fingerprint density at radius 1 is 1.00 bits per heavy atom. The Kier molecular flexibility index (Phi) is 5.41. The van der Waals surface area contributed by atoms with Crippen molar-refractivity contribution < 1.29 is 8.42 Å². The maximum atomic E-state index is 12.7. The summed E-state index contributed by atoms with van der Waals surface area (Å²) in [6, 6.07) is 9.62. The number of sulfonamides is 1. The molecule has 1 saturated heterocycles. The minimum Gasteiger partial charge on any atom is -0.354 e. The van der Waals surface area contributed by atoms with Crippen LogP contribution in [0.5, 0.6) is 0 Å². The molecule has 0 saturated carbocycles. The summed E-state index contributed by atoms with van der Waals surface area (Å²) < 4.78 is 28.6. The average Bonchev–Trinajstić information content (AvgIpc) is 3.29. The molecule has 3 heterocycles. The van der Waals surface area contributed by atoms with Gasteiger partial charge < -0.3 is 4.90 Å². The molecule has 0 amide bonds. The van der Waals surface area contributed by atoms with E-state index >= 15 is 0 Å². The molecule has 0 spiro atoms. The van der Waals surface area contributed by atoms with Crippen LogP contribution >= 0.6 is 0 Å². The van der Waals surface area contributed by atoms with E-state index in [4.69, 9.17) is 0 Å². The summed E-state index contributed by atoms with van der Waals surface area (Å²) in [7, 11) is -3.46. The highest BCUT2D eigenvalue weighted by Crippen LogP contribution is 2.18. The van der Waals surface area contributed by atoms with Crippen molar-refractivity contribution in [2.45, 2.75) is 6.92 Å².